The van der Waals surface area contributed by atoms with Crippen molar-refractivity contribution in [3.8, 4) is 6.07 Å². The zero-order chi connectivity index (χ0) is 15.7. The molecule has 1 aliphatic carbocycles. The number of allylic oxidation sites excluding steroid dienone is 1. The third-order valence-corrected chi connectivity index (χ3v) is 4.41. The standard InChI is InChI=1S/C17H17N3O2/c18-10-12-4-1-3-11(9-12)7-8-20-16(21)13-5-2-6-14(19)15(13)17(20)22/h1-4,6,9,13-15H,5,7-8,19H2. The molecular formula is C17H17N3O2. The van der Waals surface area contributed by atoms with Gasteiger partial charge in [-0.05, 0) is 30.5 Å². The van der Waals surface area contributed by atoms with Gasteiger partial charge >= 0.3 is 0 Å². The summed E-state index contributed by atoms with van der Waals surface area (Å²) in [5.41, 5.74) is 7.48. The molecule has 0 spiro atoms. The molecular weight excluding hydrogens is 278 g/mol. The van der Waals surface area contributed by atoms with Crippen molar-refractivity contribution in [2.45, 2.75) is 18.9 Å². The molecule has 0 saturated carbocycles. The molecule has 0 aromatic heterocycles. The largest absolute Gasteiger partial charge is 0.324 e. The summed E-state index contributed by atoms with van der Waals surface area (Å²) in [6.45, 7) is 0.340. The van der Waals surface area contributed by atoms with Crippen molar-refractivity contribution in [1.29, 1.82) is 5.26 Å². The van der Waals surface area contributed by atoms with Crippen LogP contribution in [0.3, 0.4) is 0 Å². The molecule has 0 bridgehead atoms. The first-order valence-electron chi connectivity index (χ1n) is 7.38. The lowest BCUT2D eigenvalue weighted by Gasteiger charge is -2.22. The predicted octanol–water partition coefficient (Wildman–Crippen LogP) is 0.989. The number of imide groups is 1. The number of likely N-dealkylation sites (tertiary alicyclic amines) is 1. The van der Waals surface area contributed by atoms with E-state index in [-0.39, 0.29) is 23.8 Å². The minimum atomic E-state index is -0.414. The van der Waals surface area contributed by atoms with Crippen molar-refractivity contribution >= 4 is 11.8 Å². The second-order valence-corrected chi connectivity index (χ2v) is 5.76. The Labute approximate surface area is 129 Å². The molecule has 112 valence electrons. The number of hydrogen-bond donors (Lipinski definition) is 1. The van der Waals surface area contributed by atoms with E-state index < -0.39 is 5.92 Å². The average molecular weight is 295 g/mol. The molecule has 3 unspecified atom stereocenters. The van der Waals surface area contributed by atoms with Gasteiger partial charge in [-0.25, -0.2) is 0 Å². The van der Waals surface area contributed by atoms with E-state index in [4.69, 9.17) is 11.0 Å². The Morgan fingerprint density at radius 2 is 2.14 bits per heavy atom. The van der Waals surface area contributed by atoms with E-state index in [1.165, 1.54) is 4.90 Å². The van der Waals surface area contributed by atoms with E-state index >= 15 is 0 Å². The lowest BCUT2D eigenvalue weighted by atomic mass is 9.82. The van der Waals surface area contributed by atoms with Gasteiger partial charge in [0.2, 0.25) is 11.8 Å². The SMILES string of the molecule is N#Cc1cccc(CCN2C(=O)C3CC=CC(N)C3C2=O)c1. The third-order valence-electron chi connectivity index (χ3n) is 4.41. The molecule has 1 heterocycles. The molecule has 5 heteroatoms. The Balaban J connectivity index is 1.72. The van der Waals surface area contributed by atoms with Crippen LogP contribution in [0.5, 0.6) is 0 Å². The van der Waals surface area contributed by atoms with Gasteiger partial charge in [0.25, 0.3) is 0 Å². The number of fused-ring (bicyclic) bond motifs is 1. The van der Waals surface area contributed by atoms with E-state index in [0.29, 0.717) is 24.9 Å². The topological polar surface area (TPSA) is 87.2 Å². The van der Waals surface area contributed by atoms with E-state index in [9.17, 15) is 9.59 Å². The molecule has 2 aliphatic rings. The van der Waals surface area contributed by atoms with Crippen molar-refractivity contribution in [3.05, 3.63) is 47.5 Å². The van der Waals surface area contributed by atoms with Gasteiger partial charge in [-0.1, -0.05) is 24.3 Å². The van der Waals surface area contributed by atoms with E-state index in [2.05, 4.69) is 6.07 Å². The van der Waals surface area contributed by atoms with Crippen LogP contribution >= 0.6 is 0 Å². The summed E-state index contributed by atoms with van der Waals surface area (Å²) in [5, 5.41) is 8.91. The molecule has 1 aliphatic heterocycles. The molecule has 5 nitrogen and oxygen atoms in total. The van der Waals surface area contributed by atoms with Crippen LogP contribution in [0, 0.1) is 23.2 Å². The summed E-state index contributed by atoms with van der Waals surface area (Å²) >= 11 is 0. The lowest BCUT2D eigenvalue weighted by Crippen LogP contribution is -2.39. The number of hydrogen-bond acceptors (Lipinski definition) is 4. The van der Waals surface area contributed by atoms with Crippen molar-refractivity contribution < 1.29 is 9.59 Å². The summed E-state index contributed by atoms with van der Waals surface area (Å²) in [5.74, 6) is -1.00. The number of carbonyl (C=O) groups is 2. The van der Waals surface area contributed by atoms with Gasteiger partial charge in [0.1, 0.15) is 0 Å². The molecule has 22 heavy (non-hydrogen) atoms. The van der Waals surface area contributed by atoms with Gasteiger partial charge < -0.3 is 5.73 Å². The van der Waals surface area contributed by atoms with Gasteiger partial charge in [-0.15, -0.1) is 0 Å². The van der Waals surface area contributed by atoms with Gasteiger partial charge in [-0.3, -0.25) is 14.5 Å². The van der Waals surface area contributed by atoms with E-state index in [0.717, 1.165) is 5.56 Å². The maximum absolute atomic E-state index is 12.4. The van der Waals surface area contributed by atoms with Crippen LogP contribution in [0.1, 0.15) is 17.5 Å². The normalized spacial score (nSPS) is 26.9. The molecule has 2 N–H and O–H groups in total. The smallest absolute Gasteiger partial charge is 0.235 e. The highest BCUT2D eigenvalue weighted by Gasteiger charge is 2.49. The summed E-state index contributed by atoms with van der Waals surface area (Å²) in [6.07, 6.45) is 4.83. The van der Waals surface area contributed by atoms with E-state index in [1.54, 1.807) is 18.2 Å². The maximum Gasteiger partial charge on any atom is 0.235 e. The first-order valence-corrected chi connectivity index (χ1v) is 7.38. The van der Waals surface area contributed by atoms with Crippen molar-refractivity contribution in [1.82, 2.24) is 4.90 Å². The second kappa shape index (κ2) is 5.74. The Hall–Kier alpha value is -2.45. The highest BCUT2D eigenvalue weighted by molar-refractivity contribution is 6.05. The van der Waals surface area contributed by atoms with E-state index in [1.807, 2.05) is 18.2 Å². The quantitative estimate of drug-likeness (QED) is 0.665. The lowest BCUT2D eigenvalue weighted by molar-refractivity contribution is -0.139. The number of nitriles is 1. The van der Waals surface area contributed by atoms with Crippen LogP contribution in [0.25, 0.3) is 0 Å². The summed E-state index contributed by atoms with van der Waals surface area (Å²) in [4.78, 5) is 26.2. The van der Waals surface area contributed by atoms with Gasteiger partial charge in [-0.2, -0.15) is 5.26 Å². The van der Waals surface area contributed by atoms with Crippen LogP contribution in [0.4, 0.5) is 0 Å². The zero-order valence-electron chi connectivity index (χ0n) is 12.1. The Bertz CT molecular complexity index is 689. The van der Waals surface area contributed by atoms with Crippen molar-refractivity contribution in [2.75, 3.05) is 6.54 Å². The number of carbonyl (C=O) groups excluding carboxylic acids is 2. The van der Waals surface area contributed by atoms with Crippen LogP contribution in [-0.2, 0) is 16.0 Å². The number of nitrogens with zero attached hydrogens (tertiary/aromatic N) is 2. The van der Waals surface area contributed by atoms with Crippen LogP contribution in [0.2, 0.25) is 0 Å². The number of benzene rings is 1. The number of nitrogens with two attached hydrogens (primary N) is 1. The van der Waals surface area contributed by atoms with Gasteiger partial charge in [0, 0.05) is 12.6 Å². The van der Waals surface area contributed by atoms with Crippen molar-refractivity contribution in [2.24, 2.45) is 17.6 Å². The number of rotatable bonds is 3. The molecule has 3 rings (SSSR count). The zero-order valence-corrected chi connectivity index (χ0v) is 12.1. The Kier molecular flexibility index (Phi) is 3.78. The molecule has 2 amide bonds. The fourth-order valence-corrected chi connectivity index (χ4v) is 3.25. The van der Waals surface area contributed by atoms with Gasteiger partial charge in [0.15, 0.2) is 0 Å². The van der Waals surface area contributed by atoms with Crippen LogP contribution in [0.15, 0.2) is 36.4 Å². The molecule has 0 radical (unpaired) electrons. The first kappa shape index (κ1) is 14.5. The Morgan fingerprint density at radius 1 is 1.32 bits per heavy atom. The minimum Gasteiger partial charge on any atom is -0.324 e. The third kappa shape index (κ3) is 2.42. The Morgan fingerprint density at radius 3 is 2.86 bits per heavy atom. The number of amides is 2. The fraction of sp³-hybridized carbons (Fsp3) is 0.353. The highest BCUT2D eigenvalue weighted by atomic mass is 16.2. The maximum atomic E-state index is 12.4. The summed E-state index contributed by atoms with van der Waals surface area (Å²) < 4.78 is 0. The summed E-state index contributed by atoms with van der Waals surface area (Å²) in [6, 6.07) is 8.93. The monoisotopic (exact) mass is 295 g/mol. The fourth-order valence-electron chi connectivity index (χ4n) is 3.25. The molecule has 1 aromatic rings. The highest BCUT2D eigenvalue weighted by Crippen LogP contribution is 2.34. The second-order valence-electron chi connectivity index (χ2n) is 5.76. The molecule has 3 atom stereocenters. The van der Waals surface area contributed by atoms with Crippen molar-refractivity contribution in [3.63, 3.8) is 0 Å². The molecule has 1 saturated heterocycles. The first-order chi connectivity index (χ1) is 10.6. The predicted molar refractivity (Wildman–Crippen MR) is 80.3 cm³/mol. The average Bonchev–Trinajstić information content (AvgIpc) is 2.78. The van der Waals surface area contributed by atoms with Crippen LogP contribution < -0.4 is 5.73 Å². The minimum absolute atomic E-state index is 0.119. The summed E-state index contributed by atoms with van der Waals surface area (Å²) in [7, 11) is 0. The van der Waals surface area contributed by atoms with Crippen LogP contribution in [-0.4, -0.2) is 29.3 Å². The molecule has 1 aromatic carbocycles. The molecule has 1 fully saturated rings. The van der Waals surface area contributed by atoms with Gasteiger partial charge in [0.05, 0.1) is 23.5 Å².